The van der Waals surface area contributed by atoms with Crippen molar-refractivity contribution in [3.63, 3.8) is 0 Å². The van der Waals surface area contributed by atoms with Gasteiger partial charge in [-0.3, -0.25) is 4.79 Å². The Kier molecular flexibility index (Phi) is 6.79. The van der Waals surface area contributed by atoms with Crippen molar-refractivity contribution in [2.24, 2.45) is 0 Å². The Morgan fingerprint density at radius 1 is 1.12 bits per heavy atom. The average molecular weight is 496 g/mol. The number of carbonyl (C=O) groups excluding carboxylic acids is 2. The van der Waals surface area contributed by atoms with E-state index in [0.29, 0.717) is 30.1 Å². The molecular weight excluding hydrogens is 474 g/mol. The third-order valence-electron chi connectivity index (χ3n) is 5.50. The summed E-state index contributed by atoms with van der Waals surface area (Å²) in [5.41, 5.74) is 2.57. The molecule has 1 amide bonds. The number of fused-ring (bicyclic) bond motifs is 1. The molecule has 10 heteroatoms. The smallest absolute Gasteiger partial charge is 0.338 e. The normalized spacial score (nSPS) is 14.5. The monoisotopic (exact) mass is 495 g/mol. The zero-order valence-electron chi connectivity index (χ0n) is 18.2. The fourth-order valence-corrected chi connectivity index (χ4v) is 5.74. The minimum atomic E-state index is -3.73. The lowest BCUT2D eigenvalue weighted by Gasteiger charge is -2.28. The Balaban J connectivity index is 1.40. The lowest BCUT2D eigenvalue weighted by Crippen LogP contribution is -2.35. The molecule has 34 heavy (non-hydrogen) atoms. The van der Waals surface area contributed by atoms with Crippen LogP contribution in [0.2, 0.25) is 0 Å². The van der Waals surface area contributed by atoms with Crippen molar-refractivity contribution in [1.82, 2.24) is 4.31 Å². The van der Waals surface area contributed by atoms with Gasteiger partial charge in [0, 0.05) is 13.1 Å². The number of sulfonamides is 1. The second kappa shape index (κ2) is 9.77. The predicted molar refractivity (Wildman–Crippen MR) is 127 cm³/mol. The molecule has 1 aliphatic rings. The molecule has 0 spiro atoms. The van der Waals surface area contributed by atoms with Gasteiger partial charge in [-0.1, -0.05) is 24.3 Å². The molecular formula is C24H21N3O5S2. The molecule has 1 aliphatic heterocycles. The van der Waals surface area contributed by atoms with E-state index < -0.39 is 28.0 Å². The highest BCUT2D eigenvalue weighted by Crippen LogP contribution is 2.25. The Morgan fingerprint density at radius 2 is 1.82 bits per heavy atom. The Bertz CT molecular complexity index is 1370. The van der Waals surface area contributed by atoms with Gasteiger partial charge >= 0.3 is 5.97 Å². The fourth-order valence-electron chi connectivity index (χ4n) is 3.58. The third kappa shape index (κ3) is 4.87. The molecule has 1 unspecified atom stereocenters. The van der Waals surface area contributed by atoms with Crippen molar-refractivity contribution in [1.29, 1.82) is 5.26 Å². The van der Waals surface area contributed by atoms with Crippen LogP contribution in [0.5, 0.6) is 0 Å². The Labute approximate surface area is 201 Å². The number of rotatable bonds is 6. The number of anilines is 1. The van der Waals surface area contributed by atoms with Crippen molar-refractivity contribution in [2.45, 2.75) is 30.9 Å². The van der Waals surface area contributed by atoms with Crippen molar-refractivity contribution in [3.05, 3.63) is 82.2 Å². The number of benzene rings is 2. The zero-order chi connectivity index (χ0) is 24.3. The van der Waals surface area contributed by atoms with Gasteiger partial charge in [0.15, 0.2) is 6.10 Å². The second-order valence-corrected chi connectivity index (χ2v) is 10.5. The molecule has 0 bridgehead atoms. The number of ether oxygens (including phenoxy) is 1. The molecule has 0 saturated heterocycles. The molecule has 0 saturated carbocycles. The summed E-state index contributed by atoms with van der Waals surface area (Å²) in [6.07, 6.45) is -0.473. The van der Waals surface area contributed by atoms with Crippen LogP contribution in [0.4, 0.5) is 5.00 Å². The summed E-state index contributed by atoms with van der Waals surface area (Å²) in [5.74, 6) is -1.33. The minimum Gasteiger partial charge on any atom is -0.449 e. The molecule has 0 radical (unpaired) electrons. The van der Waals surface area contributed by atoms with E-state index >= 15 is 0 Å². The summed E-state index contributed by atoms with van der Waals surface area (Å²) >= 11 is 1.19. The van der Waals surface area contributed by atoms with Crippen LogP contribution in [0.3, 0.4) is 0 Å². The van der Waals surface area contributed by atoms with E-state index in [1.54, 1.807) is 11.4 Å². The number of hydrogen-bond donors (Lipinski definition) is 1. The number of hydrogen-bond acceptors (Lipinski definition) is 7. The largest absolute Gasteiger partial charge is 0.449 e. The minimum absolute atomic E-state index is 0.0796. The highest BCUT2D eigenvalue weighted by molar-refractivity contribution is 7.89. The second-order valence-electron chi connectivity index (χ2n) is 7.69. The summed E-state index contributed by atoms with van der Waals surface area (Å²) in [5, 5.41) is 13.6. The Hall–Kier alpha value is -3.52. The van der Waals surface area contributed by atoms with Crippen molar-refractivity contribution >= 4 is 38.2 Å². The summed E-state index contributed by atoms with van der Waals surface area (Å²) in [4.78, 5) is 24.9. The average Bonchev–Trinajstić information content (AvgIpc) is 3.30. The van der Waals surface area contributed by atoms with Gasteiger partial charge in [-0.2, -0.15) is 9.57 Å². The Morgan fingerprint density at radius 3 is 2.53 bits per heavy atom. The van der Waals surface area contributed by atoms with Crippen LogP contribution in [-0.4, -0.2) is 37.2 Å². The number of nitriles is 1. The lowest BCUT2D eigenvalue weighted by atomic mass is 10.0. The first-order valence-corrected chi connectivity index (χ1v) is 12.8. The van der Waals surface area contributed by atoms with Gasteiger partial charge in [-0.15, -0.1) is 11.3 Å². The van der Waals surface area contributed by atoms with E-state index in [-0.39, 0.29) is 10.5 Å². The van der Waals surface area contributed by atoms with Crippen molar-refractivity contribution in [2.75, 3.05) is 11.9 Å². The highest BCUT2D eigenvalue weighted by Gasteiger charge is 2.28. The maximum Gasteiger partial charge on any atom is 0.338 e. The molecule has 4 rings (SSSR count). The SMILES string of the molecule is CC(OC(=O)c1ccc(S(=O)(=O)N2CCc3ccccc3C2)cc1)C(=O)Nc1sccc1C#N. The number of nitrogens with one attached hydrogen (secondary N) is 1. The van der Waals surface area contributed by atoms with Gasteiger partial charge in [-0.05, 0) is 60.2 Å². The van der Waals surface area contributed by atoms with Crippen LogP contribution in [0.25, 0.3) is 0 Å². The summed E-state index contributed by atoms with van der Waals surface area (Å²) < 4.78 is 32.8. The molecule has 0 fully saturated rings. The first-order valence-electron chi connectivity index (χ1n) is 10.5. The van der Waals surface area contributed by atoms with E-state index in [1.165, 1.54) is 46.8 Å². The third-order valence-corrected chi connectivity index (χ3v) is 8.19. The van der Waals surface area contributed by atoms with Gasteiger partial charge < -0.3 is 10.1 Å². The van der Waals surface area contributed by atoms with E-state index in [4.69, 9.17) is 10.00 Å². The van der Waals surface area contributed by atoms with E-state index in [9.17, 15) is 18.0 Å². The molecule has 174 valence electrons. The van der Waals surface area contributed by atoms with Crippen LogP contribution in [0.15, 0.2) is 64.9 Å². The molecule has 2 aromatic carbocycles. The lowest BCUT2D eigenvalue weighted by molar-refractivity contribution is -0.123. The van der Waals surface area contributed by atoms with Crippen LogP contribution in [0.1, 0.15) is 34.0 Å². The summed E-state index contributed by atoms with van der Waals surface area (Å²) in [7, 11) is -3.73. The maximum absolute atomic E-state index is 13.1. The number of thiophene rings is 1. The zero-order valence-corrected chi connectivity index (χ0v) is 19.9. The molecule has 3 aromatic rings. The van der Waals surface area contributed by atoms with E-state index in [2.05, 4.69) is 5.32 Å². The maximum atomic E-state index is 13.1. The fraction of sp³-hybridized carbons (Fsp3) is 0.208. The quantitative estimate of drug-likeness (QED) is 0.523. The molecule has 1 N–H and O–H groups in total. The number of nitrogens with zero attached hydrogens (tertiary/aromatic N) is 2. The van der Waals surface area contributed by atoms with Gasteiger partial charge in [-0.25, -0.2) is 13.2 Å². The first-order chi connectivity index (χ1) is 16.3. The predicted octanol–water partition coefficient (Wildman–Crippen LogP) is 3.55. The number of amides is 1. The van der Waals surface area contributed by atoms with Crippen LogP contribution in [-0.2, 0) is 32.5 Å². The summed E-state index contributed by atoms with van der Waals surface area (Å²) in [6.45, 7) is 2.10. The van der Waals surface area contributed by atoms with E-state index in [0.717, 1.165) is 11.1 Å². The molecule has 1 atom stereocenters. The van der Waals surface area contributed by atoms with Gasteiger partial charge in [0.1, 0.15) is 11.1 Å². The van der Waals surface area contributed by atoms with E-state index in [1.807, 2.05) is 30.3 Å². The molecule has 8 nitrogen and oxygen atoms in total. The topological polar surface area (TPSA) is 117 Å². The molecule has 1 aromatic heterocycles. The van der Waals surface area contributed by atoms with Crippen LogP contribution < -0.4 is 5.32 Å². The first kappa shape index (κ1) is 23.6. The van der Waals surface area contributed by atoms with Gasteiger partial charge in [0.25, 0.3) is 5.91 Å². The number of esters is 1. The van der Waals surface area contributed by atoms with Crippen molar-refractivity contribution < 1.29 is 22.7 Å². The van der Waals surface area contributed by atoms with Crippen LogP contribution >= 0.6 is 11.3 Å². The highest BCUT2D eigenvalue weighted by atomic mass is 32.2. The van der Waals surface area contributed by atoms with Gasteiger partial charge in [0.2, 0.25) is 10.0 Å². The summed E-state index contributed by atoms with van der Waals surface area (Å²) in [6, 6.07) is 16.8. The molecule has 0 aliphatic carbocycles. The van der Waals surface area contributed by atoms with Gasteiger partial charge in [0.05, 0.1) is 16.0 Å². The number of carbonyl (C=O) groups is 2. The standard InChI is InChI=1S/C24H21N3O5S2/c1-16(22(28)26-23-19(14-25)11-13-33-23)32-24(29)18-6-8-21(9-7-18)34(30,31)27-12-10-17-4-2-3-5-20(17)15-27/h2-9,11,13,16H,10,12,15H2,1H3,(H,26,28). The van der Waals surface area contributed by atoms with Crippen molar-refractivity contribution in [3.8, 4) is 6.07 Å². The molecule has 2 heterocycles. The van der Waals surface area contributed by atoms with Crippen LogP contribution in [0, 0.1) is 11.3 Å².